The lowest BCUT2D eigenvalue weighted by atomic mass is 9.55. The number of amides is 1. The van der Waals surface area contributed by atoms with Gasteiger partial charge in [-0.2, -0.15) is 0 Å². The minimum absolute atomic E-state index is 0.0954. The third-order valence-electron chi connectivity index (χ3n) is 7.45. The van der Waals surface area contributed by atoms with Crippen LogP contribution in [0.1, 0.15) is 32.3 Å². The summed E-state index contributed by atoms with van der Waals surface area (Å²) in [7, 11) is 0. The van der Waals surface area contributed by atoms with Crippen LogP contribution in [0.25, 0.3) is 0 Å². The number of fused-ring (bicyclic) bond motifs is 2. The van der Waals surface area contributed by atoms with Crippen LogP contribution < -0.4 is 4.90 Å². The molecule has 1 spiro atoms. The summed E-state index contributed by atoms with van der Waals surface area (Å²) in [5.41, 5.74) is 2.76. The molecule has 2 bridgehead atoms. The fraction of sp³-hybridized carbons (Fsp3) is 0.524. The van der Waals surface area contributed by atoms with Crippen LogP contribution in [0.2, 0.25) is 0 Å². The fourth-order valence-electron chi connectivity index (χ4n) is 6.59. The summed E-state index contributed by atoms with van der Waals surface area (Å²) in [6.07, 6.45) is 5.11. The van der Waals surface area contributed by atoms with Gasteiger partial charge in [-0.15, -0.1) is 0 Å². The van der Waals surface area contributed by atoms with E-state index in [0.717, 1.165) is 37.8 Å². The highest BCUT2D eigenvalue weighted by atomic mass is 16.3. The maximum atomic E-state index is 12.7. The summed E-state index contributed by atoms with van der Waals surface area (Å²) < 4.78 is 0. The average molecular weight is 352 g/mol. The number of hydrogen-bond donors (Lipinski definition) is 1. The van der Waals surface area contributed by atoms with E-state index in [1.54, 1.807) is 17.9 Å². The zero-order valence-corrected chi connectivity index (χ0v) is 15.2. The molecule has 3 fully saturated rings. The molecule has 1 N–H and O–H groups in total. The van der Waals surface area contributed by atoms with Crippen molar-refractivity contribution >= 4 is 17.9 Å². The Hall–Kier alpha value is -2.14. The first kappa shape index (κ1) is 16.1. The Kier molecular flexibility index (Phi) is 3.21. The van der Waals surface area contributed by atoms with Gasteiger partial charge in [0, 0.05) is 30.8 Å². The minimum Gasteiger partial charge on any atom is -0.506 e. The molecule has 26 heavy (non-hydrogen) atoms. The van der Waals surface area contributed by atoms with Gasteiger partial charge in [0.2, 0.25) is 5.91 Å². The molecule has 5 rings (SSSR count). The van der Waals surface area contributed by atoms with Crippen LogP contribution in [0.4, 0.5) is 5.69 Å². The van der Waals surface area contributed by atoms with Gasteiger partial charge in [0.25, 0.3) is 0 Å². The standard InChI is InChI=1S/C21H24N2O3/c1-3-13-10-22-8-7-21-16-5-4-6-17(26)19(16)23(12(2)25)20(21)15(11-24)14(13)9-18(21)22/h3-6,11,14-15,18,20,26H,7-10H2,1-2H3/t14-,15-,18-,20-,21+/m0/s1. The molecule has 0 aromatic heterocycles. The molecule has 3 heterocycles. The number of carbonyl (C=O) groups is 2. The van der Waals surface area contributed by atoms with Crippen molar-refractivity contribution in [3.8, 4) is 5.75 Å². The van der Waals surface area contributed by atoms with Crippen molar-refractivity contribution in [1.29, 1.82) is 0 Å². The van der Waals surface area contributed by atoms with Crippen molar-refractivity contribution in [2.75, 3.05) is 18.0 Å². The monoisotopic (exact) mass is 352 g/mol. The quantitative estimate of drug-likeness (QED) is 0.622. The Bertz CT molecular complexity index is 848. The third-order valence-corrected chi connectivity index (χ3v) is 7.45. The van der Waals surface area contributed by atoms with Gasteiger partial charge in [0.05, 0.1) is 11.7 Å². The van der Waals surface area contributed by atoms with Crippen molar-refractivity contribution in [2.24, 2.45) is 11.8 Å². The molecule has 1 aromatic rings. The summed E-state index contributed by atoms with van der Waals surface area (Å²) in [6.45, 7) is 5.48. The first-order valence-electron chi connectivity index (χ1n) is 9.51. The molecule has 0 radical (unpaired) electrons. The number of anilines is 1. The lowest BCUT2D eigenvalue weighted by Gasteiger charge is -2.54. The highest BCUT2D eigenvalue weighted by Gasteiger charge is 2.68. The Morgan fingerprint density at radius 1 is 1.38 bits per heavy atom. The third kappa shape index (κ3) is 1.65. The number of aldehydes is 1. The van der Waals surface area contributed by atoms with E-state index in [1.165, 1.54) is 5.57 Å². The van der Waals surface area contributed by atoms with E-state index in [2.05, 4.69) is 17.0 Å². The Balaban J connectivity index is 1.81. The molecule has 4 aliphatic rings. The molecule has 1 amide bonds. The summed E-state index contributed by atoms with van der Waals surface area (Å²) in [5, 5.41) is 10.6. The molecule has 1 aliphatic carbocycles. The Morgan fingerprint density at radius 2 is 2.19 bits per heavy atom. The van der Waals surface area contributed by atoms with Crippen molar-refractivity contribution < 1.29 is 14.7 Å². The van der Waals surface area contributed by atoms with Crippen molar-refractivity contribution in [2.45, 2.75) is 44.2 Å². The number of piperidine rings is 1. The molecule has 5 atom stereocenters. The number of para-hydroxylation sites is 1. The molecule has 3 aliphatic heterocycles. The van der Waals surface area contributed by atoms with Crippen molar-refractivity contribution in [1.82, 2.24) is 4.90 Å². The van der Waals surface area contributed by atoms with Gasteiger partial charge in [-0.3, -0.25) is 9.69 Å². The smallest absolute Gasteiger partial charge is 0.224 e. The molecular weight excluding hydrogens is 328 g/mol. The second-order valence-corrected chi connectivity index (χ2v) is 8.20. The van der Waals surface area contributed by atoms with Crippen molar-refractivity contribution in [3.05, 3.63) is 35.4 Å². The van der Waals surface area contributed by atoms with E-state index in [1.807, 2.05) is 13.0 Å². The maximum Gasteiger partial charge on any atom is 0.224 e. The molecular formula is C21H24N2O3. The number of phenolic OH excluding ortho intramolecular Hbond substituents is 1. The van der Waals surface area contributed by atoms with Gasteiger partial charge in [0.1, 0.15) is 12.0 Å². The lowest BCUT2D eigenvalue weighted by Crippen LogP contribution is -2.65. The number of phenols is 1. The molecule has 2 saturated heterocycles. The van der Waals surface area contributed by atoms with Gasteiger partial charge < -0.3 is 14.8 Å². The summed E-state index contributed by atoms with van der Waals surface area (Å²) in [5.74, 6) is 0.00832. The molecule has 5 heteroatoms. The van der Waals surface area contributed by atoms with Crippen LogP contribution in [0, 0.1) is 11.8 Å². The van der Waals surface area contributed by atoms with Crippen LogP contribution in [0.3, 0.4) is 0 Å². The van der Waals surface area contributed by atoms with E-state index in [9.17, 15) is 14.7 Å². The van der Waals surface area contributed by atoms with Crippen LogP contribution in [0.5, 0.6) is 5.75 Å². The maximum absolute atomic E-state index is 12.7. The van der Waals surface area contributed by atoms with Crippen LogP contribution in [0.15, 0.2) is 29.8 Å². The van der Waals surface area contributed by atoms with E-state index in [0.29, 0.717) is 11.7 Å². The van der Waals surface area contributed by atoms with Crippen LogP contribution in [-0.4, -0.2) is 47.4 Å². The Labute approximate surface area is 153 Å². The summed E-state index contributed by atoms with van der Waals surface area (Å²) >= 11 is 0. The van der Waals surface area contributed by atoms with Gasteiger partial charge in [-0.1, -0.05) is 23.8 Å². The zero-order valence-electron chi connectivity index (χ0n) is 15.2. The van der Waals surface area contributed by atoms with E-state index in [-0.39, 0.29) is 34.9 Å². The van der Waals surface area contributed by atoms with E-state index >= 15 is 0 Å². The first-order valence-corrected chi connectivity index (χ1v) is 9.51. The predicted molar refractivity (Wildman–Crippen MR) is 98.1 cm³/mol. The number of hydrogen-bond acceptors (Lipinski definition) is 4. The summed E-state index contributed by atoms with van der Waals surface area (Å²) in [6, 6.07) is 5.69. The van der Waals surface area contributed by atoms with Gasteiger partial charge in [-0.05, 0) is 43.9 Å². The first-order chi connectivity index (χ1) is 12.5. The number of benzene rings is 1. The van der Waals surface area contributed by atoms with Gasteiger partial charge in [-0.25, -0.2) is 0 Å². The molecule has 0 unspecified atom stereocenters. The van der Waals surface area contributed by atoms with E-state index in [4.69, 9.17) is 0 Å². The lowest BCUT2D eigenvalue weighted by molar-refractivity contribution is -0.120. The van der Waals surface area contributed by atoms with Crippen molar-refractivity contribution in [3.63, 3.8) is 0 Å². The second kappa shape index (κ2) is 5.19. The number of rotatable bonds is 1. The summed E-state index contributed by atoms with van der Waals surface area (Å²) in [4.78, 5) is 29.3. The van der Waals surface area contributed by atoms with Gasteiger partial charge in [0.15, 0.2) is 0 Å². The van der Waals surface area contributed by atoms with Crippen LogP contribution >= 0.6 is 0 Å². The molecule has 1 aromatic carbocycles. The van der Waals surface area contributed by atoms with Gasteiger partial charge >= 0.3 is 0 Å². The molecule has 136 valence electrons. The fourth-order valence-corrected chi connectivity index (χ4v) is 6.59. The predicted octanol–water partition coefficient (Wildman–Crippen LogP) is 2.23. The topological polar surface area (TPSA) is 60.9 Å². The second-order valence-electron chi connectivity index (χ2n) is 8.20. The zero-order chi connectivity index (χ0) is 18.2. The Morgan fingerprint density at radius 3 is 2.88 bits per heavy atom. The normalized spacial score (nSPS) is 39.0. The number of carbonyl (C=O) groups excluding carboxylic acids is 2. The highest BCUT2D eigenvalue weighted by Crippen LogP contribution is 2.64. The van der Waals surface area contributed by atoms with E-state index < -0.39 is 0 Å². The van der Waals surface area contributed by atoms with Crippen LogP contribution in [-0.2, 0) is 15.0 Å². The molecule has 1 saturated carbocycles. The number of allylic oxidation sites excluding steroid dienone is 1. The largest absolute Gasteiger partial charge is 0.506 e. The number of nitrogens with zero attached hydrogens (tertiary/aromatic N) is 2. The number of aromatic hydroxyl groups is 1. The molecule has 5 nitrogen and oxygen atoms in total. The highest BCUT2D eigenvalue weighted by molar-refractivity contribution is 5.98. The minimum atomic E-state index is -0.249. The average Bonchev–Trinajstić information content (AvgIpc) is 3.17. The SMILES string of the molecule is CC=C1CN2CC[C@]34c5cccc(O)c5N(C(C)=O)[C@H]3[C@@H](C=O)[C@H]1C[C@H]24.